The molecule has 0 bridgehead atoms. The van der Waals surface area contributed by atoms with Crippen molar-refractivity contribution in [1.29, 1.82) is 0 Å². The van der Waals surface area contributed by atoms with Crippen LogP contribution in [0, 0.1) is 0 Å². The highest BCUT2D eigenvalue weighted by atomic mass is 32.1. The third kappa shape index (κ3) is 3.61. The highest BCUT2D eigenvalue weighted by molar-refractivity contribution is 7.19. The number of nitrogens with two attached hydrogens (primary N) is 1. The summed E-state index contributed by atoms with van der Waals surface area (Å²) in [5.74, 6) is -0.0722. The van der Waals surface area contributed by atoms with E-state index < -0.39 is 0 Å². The topological polar surface area (TPSA) is 55.1 Å². The molecule has 0 spiro atoms. The second-order valence-corrected chi connectivity index (χ2v) is 5.80. The molecule has 2 aromatic rings. The summed E-state index contributed by atoms with van der Waals surface area (Å²) in [5, 5.41) is 3.51. The van der Waals surface area contributed by atoms with Crippen molar-refractivity contribution in [2.24, 2.45) is 0 Å². The summed E-state index contributed by atoms with van der Waals surface area (Å²) in [6.07, 6.45) is 3.29. The number of carbonyl (C=O) groups is 1. The van der Waals surface area contributed by atoms with E-state index in [0.29, 0.717) is 17.1 Å². The molecule has 4 heteroatoms. The van der Waals surface area contributed by atoms with Gasteiger partial charge >= 0.3 is 0 Å². The Bertz CT molecular complexity index is 563. The Morgan fingerprint density at radius 2 is 2.00 bits per heavy atom. The lowest BCUT2D eigenvalue weighted by Gasteiger charge is -2.03. The minimum atomic E-state index is -0.0722. The molecule has 1 aromatic heterocycles. The molecule has 0 atom stereocenters. The number of hydrogen-bond donors (Lipinski definition) is 2. The van der Waals surface area contributed by atoms with E-state index in [1.807, 2.05) is 36.4 Å². The van der Waals surface area contributed by atoms with Crippen molar-refractivity contribution in [3.05, 3.63) is 42.0 Å². The van der Waals surface area contributed by atoms with Gasteiger partial charge in [-0.15, -0.1) is 11.3 Å². The number of thiophene rings is 1. The van der Waals surface area contributed by atoms with Gasteiger partial charge in [-0.3, -0.25) is 4.79 Å². The molecule has 0 aliphatic heterocycles. The van der Waals surface area contributed by atoms with Crippen molar-refractivity contribution in [2.45, 2.75) is 26.2 Å². The predicted molar refractivity (Wildman–Crippen MR) is 86.0 cm³/mol. The molecule has 0 fully saturated rings. The van der Waals surface area contributed by atoms with Gasteiger partial charge in [0, 0.05) is 11.4 Å². The summed E-state index contributed by atoms with van der Waals surface area (Å²) in [6, 6.07) is 11.9. The highest BCUT2D eigenvalue weighted by Crippen LogP contribution is 2.33. The molecular weight excluding hydrogens is 268 g/mol. The molecule has 106 valence electrons. The minimum Gasteiger partial charge on any atom is -0.390 e. The highest BCUT2D eigenvalue weighted by Gasteiger charge is 2.14. The summed E-state index contributed by atoms with van der Waals surface area (Å²) in [7, 11) is 0. The number of amides is 1. The Morgan fingerprint density at radius 1 is 1.25 bits per heavy atom. The van der Waals surface area contributed by atoms with Crippen LogP contribution in [0.5, 0.6) is 0 Å². The molecular formula is C16H20N2OS. The van der Waals surface area contributed by atoms with Crippen LogP contribution < -0.4 is 11.1 Å². The van der Waals surface area contributed by atoms with Crippen molar-refractivity contribution in [1.82, 2.24) is 5.32 Å². The maximum absolute atomic E-state index is 12.1. The first-order valence-electron chi connectivity index (χ1n) is 6.95. The van der Waals surface area contributed by atoms with Gasteiger partial charge in [-0.2, -0.15) is 0 Å². The fraction of sp³-hybridized carbons (Fsp3) is 0.312. The molecule has 3 N–H and O–H groups in total. The molecule has 0 unspecified atom stereocenters. The van der Waals surface area contributed by atoms with E-state index in [1.165, 1.54) is 11.3 Å². The average Bonchev–Trinajstić information content (AvgIpc) is 2.86. The Kier molecular flexibility index (Phi) is 5.18. The second kappa shape index (κ2) is 7.10. The van der Waals surface area contributed by atoms with Crippen LogP contribution in [0.3, 0.4) is 0 Å². The largest absolute Gasteiger partial charge is 0.390 e. The van der Waals surface area contributed by atoms with Crippen LogP contribution in [0.25, 0.3) is 10.4 Å². The number of nitrogen functional groups attached to an aromatic ring is 1. The lowest BCUT2D eigenvalue weighted by atomic mass is 10.1. The van der Waals surface area contributed by atoms with Crippen LogP contribution in [0.2, 0.25) is 0 Å². The van der Waals surface area contributed by atoms with Gasteiger partial charge in [0.15, 0.2) is 0 Å². The standard InChI is InChI=1S/C16H20N2OS/c1-2-3-7-10-18-16(19)13-11-14(20-15(13)17)12-8-5-4-6-9-12/h4-6,8-9,11H,2-3,7,10,17H2,1H3,(H,18,19). The van der Waals surface area contributed by atoms with E-state index in [-0.39, 0.29) is 5.91 Å². The van der Waals surface area contributed by atoms with Crippen molar-refractivity contribution < 1.29 is 4.79 Å². The minimum absolute atomic E-state index is 0.0722. The summed E-state index contributed by atoms with van der Waals surface area (Å²) in [4.78, 5) is 13.1. The zero-order valence-corrected chi connectivity index (χ0v) is 12.5. The summed E-state index contributed by atoms with van der Waals surface area (Å²) < 4.78 is 0. The SMILES string of the molecule is CCCCCNC(=O)c1cc(-c2ccccc2)sc1N. The number of benzene rings is 1. The normalized spacial score (nSPS) is 10.4. The van der Waals surface area contributed by atoms with Gasteiger partial charge in [0.05, 0.1) is 10.6 Å². The number of hydrogen-bond acceptors (Lipinski definition) is 3. The predicted octanol–water partition coefficient (Wildman–Crippen LogP) is 3.92. The van der Waals surface area contributed by atoms with Gasteiger partial charge < -0.3 is 11.1 Å². The second-order valence-electron chi connectivity index (χ2n) is 4.72. The number of rotatable bonds is 6. The molecule has 20 heavy (non-hydrogen) atoms. The first-order chi connectivity index (χ1) is 9.72. The van der Waals surface area contributed by atoms with Crippen LogP contribution in [0.1, 0.15) is 36.5 Å². The van der Waals surface area contributed by atoms with E-state index >= 15 is 0 Å². The summed E-state index contributed by atoms with van der Waals surface area (Å²) in [5.41, 5.74) is 7.65. The smallest absolute Gasteiger partial charge is 0.254 e. The molecule has 1 amide bonds. The van der Waals surface area contributed by atoms with Crippen molar-refractivity contribution in [3.63, 3.8) is 0 Å². The van der Waals surface area contributed by atoms with Crippen molar-refractivity contribution in [2.75, 3.05) is 12.3 Å². The third-order valence-corrected chi connectivity index (χ3v) is 4.14. The number of carbonyl (C=O) groups excluding carboxylic acids is 1. The lowest BCUT2D eigenvalue weighted by Crippen LogP contribution is -2.24. The molecule has 1 heterocycles. The molecule has 0 saturated heterocycles. The van der Waals surface area contributed by atoms with E-state index in [2.05, 4.69) is 12.2 Å². The zero-order valence-electron chi connectivity index (χ0n) is 11.7. The zero-order chi connectivity index (χ0) is 14.4. The summed E-state index contributed by atoms with van der Waals surface area (Å²) in [6.45, 7) is 2.85. The fourth-order valence-corrected chi connectivity index (χ4v) is 2.93. The molecule has 3 nitrogen and oxygen atoms in total. The Morgan fingerprint density at radius 3 is 2.70 bits per heavy atom. The van der Waals surface area contributed by atoms with E-state index in [4.69, 9.17) is 5.73 Å². The Labute approximate surface area is 123 Å². The van der Waals surface area contributed by atoms with Gasteiger partial charge in [-0.25, -0.2) is 0 Å². The molecule has 0 saturated carbocycles. The van der Waals surface area contributed by atoms with Gasteiger partial charge in [0.2, 0.25) is 0 Å². The van der Waals surface area contributed by atoms with Gasteiger partial charge in [-0.1, -0.05) is 50.1 Å². The van der Waals surface area contributed by atoms with E-state index in [1.54, 1.807) is 0 Å². The molecule has 1 aromatic carbocycles. The Balaban J connectivity index is 2.06. The maximum Gasteiger partial charge on any atom is 0.254 e. The first-order valence-corrected chi connectivity index (χ1v) is 7.77. The van der Waals surface area contributed by atoms with Crippen LogP contribution in [-0.2, 0) is 0 Å². The van der Waals surface area contributed by atoms with E-state index in [0.717, 1.165) is 29.7 Å². The molecule has 0 aliphatic rings. The molecule has 0 radical (unpaired) electrons. The van der Waals surface area contributed by atoms with Crippen molar-refractivity contribution >= 4 is 22.2 Å². The van der Waals surface area contributed by atoms with Crippen molar-refractivity contribution in [3.8, 4) is 10.4 Å². The summed E-state index contributed by atoms with van der Waals surface area (Å²) >= 11 is 1.46. The average molecular weight is 288 g/mol. The molecule has 0 aliphatic carbocycles. The quantitative estimate of drug-likeness (QED) is 0.792. The van der Waals surface area contributed by atoms with Crippen LogP contribution in [0.15, 0.2) is 36.4 Å². The monoisotopic (exact) mass is 288 g/mol. The van der Waals surface area contributed by atoms with Crippen LogP contribution in [0.4, 0.5) is 5.00 Å². The third-order valence-electron chi connectivity index (χ3n) is 3.13. The van der Waals surface area contributed by atoms with Crippen LogP contribution in [-0.4, -0.2) is 12.5 Å². The number of anilines is 1. The number of unbranched alkanes of at least 4 members (excludes halogenated alkanes) is 2. The fourth-order valence-electron chi connectivity index (χ4n) is 2.00. The van der Waals surface area contributed by atoms with Gasteiger partial charge in [0.1, 0.15) is 0 Å². The van der Waals surface area contributed by atoms with Gasteiger partial charge in [0.25, 0.3) is 5.91 Å². The lowest BCUT2D eigenvalue weighted by molar-refractivity contribution is 0.0954. The van der Waals surface area contributed by atoms with E-state index in [9.17, 15) is 4.79 Å². The molecule has 2 rings (SSSR count). The first kappa shape index (κ1) is 14.6. The number of nitrogens with one attached hydrogen (secondary N) is 1. The Hall–Kier alpha value is -1.81. The van der Waals surface area contributed by atoms with Gasteiger partial charge in [-0.05, 0) is 18.1 Å². The maximum atomic E-state index is 12.1. The van der Waals surface area contributed by atoms with Crippen LogP contribution >= 0.6 is 11.3 Å².